The number of methoxy groups -OCH3 is 1. The predicted octanol–water partition coefficient (Wildman–Crippen LogP) is 5.22. The third-order valence-corrected chi connectivity index (χ3v) is 5.30. The normalized spacial score (nSPS) is 10.7. The van der Waals surface area contributed by atoms with Gasteiger partial charge < -0.3 is 14.6 Å². The van der Waals surface area contributed by atoms with Crippen LogP contribution in [0, 0.1) is 6.92 Å². The van der Waals surface area contributed by atoms with E-state index in [2.05, 4.69) is 16.0 Å². The fourth-order valence-corrected chi connectivity index (χ4v) is 3.71. The first kappa shape index (κ1) is 23.3. The lowest BCUT2D eigenvalue weighted by atomic mass is 10.0. The summed E-state index contributed by atoms with van der Waals surface area (Å²) in [6, 6.07) is 15.5. The molecule has 0 fully saturated rings. The highest BCUT2D eigenvalue weighted by molar-refractivity contribution is 6.18. The highest BCUT2D eigenvalue weighted by Gasteiger charge is 2.20. The summed E-state index contributed by atoms with van der Waals surface area (Å²) in [7, 11) is 1.62. The molecule has 0 aliphatic heterocycles. The van der Waals surface area contributed by atoms with Crippen LogP contribution in [-0.2, 0) is 6.54 Å². The zero-order valence-electron chi connectivity index (χ0n) is 16.9. The molecular weight excluding hydrogens is 407 g/mol. The van der Waals surface area contributed by atoms with Gasteiger partial charge in [-0.1, -0.05) is 18.2 Å². The number of ketones is 1. The van der Waals surface area contributed by atoms with Gasteiger partial charge in [0.2, 0.25) is 0 Å². The number of ether oxygens (including phenoxy) is 1. The zero-order chi connectivity index (χ0) is 19.9. The van der Waals surface area contributed by atoms with Crippen LogP contribution in [-0.4, -0.2) is 36.4 Å². The van der Waals surface area contributed by atoms with Gasteiger partial charge in [0.1, 0.15) is 5.75 Å². The van der Waals surface area contributed by atoms with Crippen LogP contribution in [0.2, 0.25) is 0 Å². The topological polar surface area (TPSA) is 43.3 Å². The number of para-hydroxylation sites is 1. The molecule has 3 aromatic rings. The third-order valence-electron chi connectivity index (χ3n) is 5.03. The second-order valence-corrected chi connectivity index (χ2v) is 7.21. The molecule has 1 aromatic heterocycles. The zero-order valence-corrected chi connectivity index (χ0v) is 18.5. The smallest absolute Gasteiger partial charge is 0.195 e. The molecule has 0 spiro atoms. The lowest BCUT2D eigenvalue weighted by Gasteiger charge is -2.09. The Morgan fingerprint density at radius 2 is 1.76 bits per heavy atom. The molecule has 3 rings (SSSR count). The number of benzene rings is 2. The SMILES string of the molecule is COc1ccc(C(=O)c2c(C)n(CCCNCCCCl)c3ccccc23)cc1.Cl. The molecule has 0 aliphatic carbocycles. The molecule has 0 amide bonds. The van der Waals surface area contributed by atoms with Crippen molar-refractivity contribution in [3.8, 4) is 5.75 Å². The highest BCUT2D eigenvalue weighted by atomic mass is 35.5. The first-order valence-electron chi connectivity index (χ1n) is 9.70. The van der Waals surface area contributed by atoms with Crippen molar-refractivity contribution in [2.75, 3.05) is 26.1 Å². The van der Waals surface area contributed by atoms with Crippen LogP contribution in [0.15, 0.2) is 48.5 Å². The van der Waals surface area contributed by atoms with Crippen molar-refractivity contribution in [1.82, 2.24) is 9.88 Å². The number of fused-ring (bicyclic) bond motifs is 1. The number of halogens is 2. The number of nitrogens with zero attached hydrogens (tertiary/aromatic N) is 1. The Bertz CT molecular complexity index is 936. The first-order chi connectivity index (χ1) is 13.7. The number of aromatic nitrogens is 1. The van der Waals surface area contributed by atoms with E-state index in [0.29, 0.717) is 11.4 Å². The van der Waals surface area contributed by atoms with Crippen LogP contribution < -0.4 is 10.1 Å². The number of nitrogens with one attached hydrogen (secondary N) is 1. The van der Waals surface area contributed by atoms with Gasteiger partial charge in [-0.3, -0.25) is 4.79 Å². The van der Waals surface area contributed by atoms with Crippen LogP contribution in [0.3, 0.4) is 0 Å². The van der Waals surface area contributed by atoms with Gasteiger partial charge in [-0.2, -0.15) is 0 Å². The van der Waals surface area contributed by atoms with E-state index in [4.69, 9.17) is 16.3 Å². The van der Waals surface area contributed by atoms with E-state index in [0.717, 1.165) is 60.4 Å². The molecule has 0 aliphatic rings. The van der Waals surface area contributed by atoms with Gasteiger partial charge in [-0.25, -0.2) is 0 Å². The summed E-state index contributed by atoms with van der Waals surface area (Å²) in [4.78, 5) is 13.3. The van der Waals surface area contributed by atoms with Gasteiger partial charge in [-0.05, 0) is 63.2 Å². The van der Waals surface area contributed by atoms with Crippen LogP contribution in [0.5, 0.6) is 5.75 Å². The summed E-state index contributed by atoms with van der Waals surface area (Å²) in [5.74, 6) is 1.48. The van der Waals surface area contributed by atoms with E-state index < -0.39 is 0 Å². The Morgan fingerprint density at radius 1 is 1.07 bits per heavy atom. The molecule has 1 N–H and O–H groups in total. The van der Waals surface area contributed by atoms with E-state index in [1.807, 2.05) is 49.4 Å². The van der Waals surface area contributed by atoms with Crippen molar-refractivity contribution in [2.24, 2.45) is 0 Å². The van der Waals surface area contributed by atoms with Crippen molar-refractivity contribution in [3.63, 3.8) is 0 Å². The number of hydrogen-bond acceptors (Lipinski definition) is 3. The fraction of sp³-hybridized carbons (Fsp3) is 0.348. The van der Waals surface area contributed by atoms with Crippen molar-refractivity contribution >= 4 is 40.7 Å². The molecule has 0 saturated heterocycles. The number of carbonyl (C=O) groups is 1. The van der Waals surface area contributed by atoms with Crippen molar-refractivity contribution < 1.29 is 9.53 Å². The minimum Gasteiger partial charge on any atom is -0.497 e. The average molecular weight is 435 g/mol. The van der Waals surface area contributed by atoms with Gasteiger partial charge in [-0.15, -0.1) is 24.0 Å². The molecular formula is C23H28Cl2N2O2. The van der Waals surface area contributed by atoms with Crippen LogP contribution in [0.25, 0.3) is 10.9 Å². The summed E-state index contributed by atoms with van der Waals surface area (Å²) < 4.78 is 7.46. The molecule has 156 valence electrons. The number of carbonyl (C=O) groups excluding carboxylic acids is 1. The lowest BCUT2D eigenvalue weighted by Crippen LogP contribution is -2.18. The Hall–Kier alpha value is -2.01. The Labute approximate surface area is 183 Å². The molecule has 1 heterocycles. The summed E-state index contributed by atoms with van der Waals surface area (Å²) >= 11 is 5.71. The standard InChI is InChI=1S/C23H27ClN2O2.ClH/c1-17-22(23(27)18-9-11-19(28-2)12-10-18)20-7-3-4-8-21(20)26(17)16-6-15-25-14-5-13-24;/h3-4,7-12,25H,5-6,13-16H2,1-2H3;1H. The minimum atomic E-state index is 0. The molecule has 0 radical (unpaired) electrons. The predicted molar refractivity (Wildman–Crippen MR) is 123 cm³/mol. The molecule has 0 saturated carbocycles. The van der Waals surface area contributed by atoms with Gasteiger partial charge >= 0.3 is 0 Å². The summed E-state index contributed by atoms with van der Waals surface area (Å²) in [6.45, 7) is 4.79. The monoisotopic (exact) mass is 434 g/mol. The van der Waals surface area contributed by atoms with Crippen LogP contribution >= 0.6 is 24.0 Å². The molecule has 4 nitrogen and oxygen atoms in total. The average Bonchev–Trinajstić information content (AvgIpc) is 3.01. The summed E-state index contributed by atoms with van der Waals surface area (Å²) in [5.41, 5.74) is 3.59. The Kier molecular flexibility index (Phi) is 9.02. The highest BCUT2D eigenvalue weighted by Crippen LogP contribution is 2.28. The first-order valence-corrected chi connectivity index (χ1v) is 10.2. The van der Waals surface area contributed by atoms with E-state index in [9.17, 15) is 4.79 Å². The maximum Gasteiger partial charge on any atom is 0.195 e. The van der Waals surface area contributed by atoms with Crippen LogP contribution in [0.4, 0.5) is 0 Å². The molecule has 2 aromatic carbocycles. The second kappa shape index (κ2) is 11.2. The number of aryl methyl sites for hydroxylation is 1. The van der Waals surface area contributed by atoms with Crippen molar-refractivity contribution in [3.05, 3.63) is 65.4 Å². The second-order valence-electron chi connectivity index (χ2n) is 6.83. The van der Waals surface area contributed by atoms with Crippen molar-refractivity contribution in [2.45, 2.75) is 26.3 Å². The van der Waals surface area contributed by atoms with Gasteiger partial charge in [0, 0.05) is 34.6 Å². The van der Waals surface area contributed by atoms with E-state index in [-0.39, 0.29) is 18.2 Å². The van der Waals surface area contributed by atoms with Crippen molar-refractivity contribution in [1.29, 1.82) is 0 Å². The number of alkyl halides is 1. The Balaban J connectivity index is 0.00000300. The molecule has 29 heavy (non-hydrogen) atoms. The van der Waals surface area contributed by atoms with E-state index in [1.165, 1.54) is 0 Å². The molecule has 0 unspecified atom stereocenters. The maximum absolute atomic E-state index is 13.3. The largest absolute Gasteiger partial charge is 0.497 e. The maximum atomic E-state index is 13.3. The van der Waals surface area contributed by atoms with Gasteiger partial charge in [0.05, 0.1) is 12.7 Å². The van der Waals surface area contributed by atoms with Gasteiger partial charge in [0.15, 0.2) is 5.78 Å². The third kappa shape index (κ3) is 5.33. The molecule has 0 bridgehead atoms. The van der Waals surface area contributed by atoms with E-state index >= 15 is 0 Å². The lowest BCUT2D eigenvalue weighted by molar-refractivity contribution is 0.103. The van der Waals surface area contributed by atoms with E-state index in [1.54, 1.807) is 7.11 Å². The van der Waals surface area contributed by atoms with Gasteiger partial charge in [0.25, 0.3) is 0 Å². The summed E-state index contributed by atoms with van der Waals surface area (Å²) in [5, 5.41) is 4.42. The number of rotatable bonds is 10. The number of hydrogen-bond donors (Lipinski definition) is 1. The minimum absolute atomic E-state index is 0. The molecule has 0 atom stereocenters. The summed E-state index contributed by atoms with van der Waals surface area (Å²) in [6.07, 6.45) is 1.98. The Morgan fingerprint density at radius 3 is 2.45 bits per heavy atom. The molecule has 6 heteroatoms. The quantitative estimate of drug-likeness (QED) is 0.270. The van der Waals surface area contributed by atoms with Crippen LogP contribution in [0.1, 0.15) is 34.5 Å². The fourth-order valence-electron chi connectivity index (χ4n) is 3.57.